The van der Waals surface area contributed by atoms with Gasteiger partial charge < -0.3 is 41.3 Å². The zero-order chi connectivity index (χ0) is 36.2. The summed E-state index contributed by atoms with van der Waals surface area (Å²) in [5.41, 5.74) is 8.47. The zero-order valence-electron chi connectivity index (χ0n) is 28.8. The van der Waals surface area contributed by atoms with Gasteiger partial charge in [0, 0.05) is 49.3 Å². The predicted octanol–water partition coefficient (Wildman–Crippen LogP) is 5.25. The molecule has 0 spiro atoms. The second-order valence-corrected chi connectivity index (χ2v) is 12.8. The van der Waals surface area contributed by atoms with E-state index in [0.29, 0.717) is 59.7 Å². The molecule has 3 aromatic carbocycles. The number of aliphatic hydroxyl groups is 1. The molecule has 1 heterocycles. The van der Waals surface area contributed by atoms with Gasteiger partial charge in [-0.2, -0.15) is 0 Å². The van der Waals surface area contributed by atoms with E-state index < -0.39 is 24.0 Å². The number of halogens is 1. The van der Waals surface area contributed by atoms with Crippen LogP contribution in [-0.2, 0) is 20.8 Å². The summed E-state index contributed by atoms with van der Waals surface area (Å²) in [5.74, 6) is -0.724. The highest BCUT2D eigenvalue weighted by atomic mass is 19.1. The van der Waals surface area contributed by atoms with E-state index in [0.717, 1.165) is 0 Å². The Morgan fingerprint density at radius 3 is 2.32 bits per heavy atom. The molecule has 6 N–H and O–H groups in total. The molecule has 0 aromatic heterocycles. The van der Waals surface area contributed by atoms with Crippen molar-refractivity contribution in [2.75, 3.05) is 48.4 Å². The number of fused-ring (bicyclic) bond motifs is 1. The molecule has 1 aliphatic heterocycles. The number of nitrogens with one attached hydrogen (secondary N) is 3. The lowest BCUT2D eigenvalue weighted by molar-refractivity contribution is -0.134. The minimum atomic E-state index is -0.537. The van der Waals surface area contributed by atoms with Crippen LogP contribution in [0.15, 0.2) is 66.7 Å². The Labute approximate surface area is 292 Å². The van der Waals surface area contributed by atoms with Crippen LogP contribution in [0.3, 0.4) is 0 Å². The summed E-state index contributed by atoms with van der Waals surface area (Å²) in [6.45, 7) is 3.93. The summed E-state index contributed by atoms with van der Waals surface area (Å²) in [5, 5.41) is 18.4. The molecule has 0 bridgehead atoms. The monoisotopic (exact) mass is 690 g/mol. The third-order valence-corrected chi connectivity index (χ3v) is 8.64. The maximum absolute atomic E-state index is 13.5. The van der Waals surface area contributed by atoms with Crippen molar-refractivity contribution in [3.05, 3.63) is 78.1 Å². The number of hydrogen-bond donors (Lipinski definition) is 5. The van der Waals surface area contributed by atoms with Crippen molar-refractivity contribution in [3.8, 4) is 5.75 Å². The lowest BCUT2D eigenvalue weighted by Crippen LogP contribution is -2.48. The van der Waals surface area contributed by atoms with Crippen LogP contribution < -0.4 is 26.4 Å². The Kier molecular flexibility index (Phi) is 13.6. The van der Waals surface area contributed by atoms with E-state index >= 15 is 0 Å². The Hall–Kier alpha value is -5.17. The quantitative estimate of drug-likeness (QED) is 0.121. The minimum Gasteiger partial charge on any atom is -0.488 e. The van der Waals surface area contributed by atoms with Gasteiger partial charge in [-0.25, -0.2) is 9.18 Å². The molecule has 5 amide bonds. The number of ether oxygens (including phenoxy) is 1. The van der Waals surface area contributed by atoms with E-state index in [1.165, 1.54) is 29.2 Å². The molecule has 50 heavy (non-hydrogen) atoms. The molecule has 0 aliphatic carbocycles. The second kappa shape index (κ2) is 18.0. The number of likely N-dealkylation sites (N-methyl/N-ethyl adjacent to an activating group) is 1. The minimum absolute atomic E-state index is 0.0135. The summed E-state index contributed by atoms with van der Waals surface area (Å²) in [7, 11) is 1.62. The number of para-hydroxylation sites is 2. The molecular weight excluding hydrogens is 643 g/mol. The average Bonchev–Trinajstić information content (AvgIpc) is 3.13. The molecule has 3 atom stereocenters. The van der Waals surface area contributed by atoms with Crippen molar-refractivity contribution in [1.82, 2.24) is 9.80 Å². The van der Waals surface area contributed by atoms with E-state index in [4.69, 9.17) is 10.5 Å². The molecule has 0 saturated heterocycles. The van der Waals surface area contributed by atoms with Gasteiger partial charge in [0.1, 0.15) is 17.7 Å². The van der Waals surface area contributed by atoms with Crippen LogP contribution in [0.2, 0.25) is 0 Å². The van der Waals surface area contributed by atoms with Crippen LogP contribution >= 0.6 is 0 Å². The fourth-order valence-electron chi connectivity index (χ4n) is 5.63. The third-order valence-electron chi connectivity index (χ3n) is 8.64. The number of hydrogen-bond acceptors (Lipinski definition) is 7. The first-order valence-electron chi connectivity index (χ1n) is 16.8. The molecular formula is C37H47FN6O6. The lowest BCUT2D eigenvalue weighted by atomic mass is 10.0. The Balaban J connectivity index is 1.37. The second-order valence-electron chi connectivity index (χ2n) is 12.8. The van der Waals surface area contributed by atoms with E-state index in [9.17, 15) is 28.7 Å². The van der Waals surface area contributed by atoms with Gasteiger partial charge in [-0.3, -0.25) is 14.4 Å². The molecule has 0 fully saturated rings. The number of aliphatic hydroxyl groups excluding tert-OH is 1. The first-order valence-corrected chi connectivity index (χ1v) is 16.8. The van der Waals surface area contributed by atoms with Gasteiger partial charge in [-0.05, 0) is 74.4 Å². The number of benzene rings is 3. The van der Waals surface area contributed by atoms with E-state index in [2.05, 4.69) is 16.0 Å². The summed E-state index contributed by atoms with van der Waals surface area (Å²) < 4.78 is 19.8. The van der Waals surface area contributed by atoms with Crippen molar-refractivity contribution in [1.29, 1.82) is 0 Å². The fourth-order valence-corrected chi connectivity index (χ4v) is 5.63. The van der Waals surface area contributed by atoms with Crippen molar-refractivity contribution < 1.29 is 33.4 Å². The molecule has 3 aromatic rings. The van der Waals surface area contributed by atoms with Crippen LogP contribution in [0.4, 0.5) is 31.9 Å². The number of rotatable bonds is 13. The largest absolute Gasteiger partial charge is 0.488 e. The number of unbranched alkanes of at least 4 members (excludes halogenated alkanes) is 2. The van der Waals surface area contributed by atoms with E-state index in [1.807, 2.05) is 6.92 Å². The summed E-state index contributed by atoms with van der Waals surface area (Å²) in [4.78, 5) is 54.7. The number of carbonyl (C=O) groups excluding carboxylic acids is 4. The number of carbonyl (C=O) groups is 4. The first-order chi connectivity index (χ1) is 23.9. The average molecular weight is 691 g/mol. The van der Waals surface area contributed by atoms with E-state index in [1.54, 1.807) is 61.3 Å². The number of nitrogens with zero attached hydrogens (tertiary/aromatic N) is 2. The van der Waals surface area contributed by atoms with Crippen molar-refractivity contribution in [2.45, 2.75) is 64.5 Å². The highest BCUT2D eigenvalue weighted by Crippen LogP contribution is 2.29. The van der Waals surface area contributed by atoms with Crippen LogP contribution in [-0.4, -0.2) is 77.5 Å². The van der Waals surface area contributed by atoms with Gasteiger partial charge in [0.25, 0.3) is 0 Å². The lowest BCUT2D eigenvalue weighted by Gasteiger charge is -2.34. The summed E-state index contributed by atoms with van der Waals surface area (Å²) in [6, 6.07) is 16.8. The predicted molar refractivity (Wildman–Crippen MR) is 191 cm³/mol. The fraction of sp³-hybridized carbons (Fsp3) is 0.405. The number of urea groups is 1. The first kappa shape index (κ1) is 37.6. The van der Waals surface area contributed by atoms with Crippen LogP contribution in [0.5, 0.6) is 5.75 Å². The highest BCUT2D eigenvalue weighted by Gasteiger charge is 2.32. The normalized spacial score (nSPS) is 16.5. The highest BCUT2D eigenvalue weighted by molar-refractivity contribution is 5.94. The Bertz CT molecular complexity index is 1640. The number of nitrogens with two attached hydrogens (primary N) is 1. The Morgan fingerprint density at radius 1 is 0.980 bits per heavy atom. The van der Waals surface area contributed by atoms with Crippen molar-refractivity contribution in [3.63, 3.8) is 0 Å². The maximum atomic E-state index is 13.5. The number of nitrogen functional groups attached to an aromatic ring is 1. The zero-order valence-corrected chi connectivity index (χ0v) is 28.8. The third kappa shape index (κ3) is 10.9. The smallest absolute Gasteiger partial charge is 0.321 e. The van der Waals surface area contributed by atoms with Crippen LogP contribution in [0.25, 0.3) is 0 Å². The van der Waals surface area contributed by atoms with Gasteiger partial charge in [0.2, 0.25) is 17.7 Å². The van der Waals surface area contributed by atoms with Crippen LogP contribution in [0, 0.1) is 11.7 Å². The molecule has 268 valence electrons. The topological polar surface area (TPSA) is 166 Å². The Morgan fingerprint density at radius 2 is 1.64 bits per heavy atom. The van der Waals surface area contributed by atoms with Gasteiger partial charge in [0.05, 0.1) is 37.0 Å². The van der Waals surface area contributed by atoms with Crippen molar-refractivity contribution in [2.24, 2.45) is 5.92 Å². The summed E-state index contributed by atoms with van der Waals surface area (Å²) in [6.07, 6.45) is 1.92. The van der Waals surface area contributed by atoms with Gasteiger partial charge >= 0.3 is 6.03 Å². The van der Waals surface area contributed by atoms with E-state index in [-0.39, 0.29) is 56.2 Å². The molecule has 4 rings (SSSR count). The molecule has 0 radical (unpaired) electrons. The van der Waals surface area contributed by atoms with Gasteiger partial charge in [-0.1, -0.05) is 25.5 Å². The number of anilines is 4. The standard InChI is InChI=1S/C37H47FN6O6/c1-24-21-44(25(2)23-45)36(48)20-26-19-29(40-34(46)11-5-4-6-12-35(47)42-31-10-8-7-9-30(31)39)17-18-32(26)50-33(24)22-43(3)37(49)41-28-15-13-27(38)14-16-28/h7-10,13-19,24-25,33,45H,4-6,11-12,20-23,39H2,1-3H3,(H,40,46)(H,41,49)(H,42,47)/t24-,25+,33+/m0/s1. The molecule has 12 nitrogen and oxygen atoms in total. The maximum Gasteiger partial charge on any atom is 0.321 e. The molecule has 0 saturated carbocycles. The molecule has 0 unspecified atom stereocenters. The molecule has 13 heteroatoms. The van der Waals surface area contributed by atoms with Gasteiger partial charge in [-0.15, -0.1) is 0 Å². The van der Waals surface area contributed by atoms with Crippen molar-refractivity contribution >= 4 is 46.5 Å². The van der Waals surface area contributed by atoms with Gasteiger partial charge in [0.15, 0.2) is 0 Å². The SMILES string of the molecule is C[C@H](CO)N1C[C@H](C)[C@@H](CN(C)C(=O)Nc2ccc(F)cc2)Oc2ccc(NC(=O)CCCCCC(=O)Nc3ccccc3N)cc2CC1=O. The molecule has 1 aliphatic rings. The number of amides is 5. The summed E-state index contributed by atoms with van der Waals surface area (Å²) >= 11 is 0. The van der Waals surface area contributed by atoms with Crippen LogP contribution in [0.1, 0.15) is 51.5 Å².